The molecule has 0 bridgehead atoms. The number of carboxylic acid groups (broad SMARTS) is 1. The van der Waals surface area contributed by atoms with E-state index >= 15 is 0 Å². The maximum atomic E-state index is 10.9. The van der Waals surface area contributed by atoms with E-state index in [-0.39, 0.29) is 5.56 Å². The van der Waals surface area contributed by atoms with Crippen LogP contribution in [0.15, 0.2) is 12.3 Å². The van der Waals surface area contributed by atoms with Gasteiger partial charge in [-0.15, -0.1) is 0 Å². The predicted molar refractivity (Wildman–Crippen MR) is 75.8 cm³/mol. The molecule has 1 aliphatic rings. The maximum Gasteiger partial charge on any atom is 0.337 e. The van der Waals surface area contributed by atoms with Gasteiger partial charge in [0, 0.05) is 19.3 Å². The zero-order chi connectivity index (χ0) is 14.0. The molecule has 1 heterocycles. The summed E-state index contributed by atoms with van der Waals surface area (Å²) in [5, 5.41) is 8.96. The third-order valence-corrected chi connectivity index (χ3v) is 4.16. The molecule has 0 unspecified atom stereocenters. The van der Waals surface area contributed by atoms with E-state index in [4.69, 9.17) is 5.11 Å². The fraction of sp³-hybridized carbons (Fsp3) is 0.600. The minimum absolute atomic E-state index is 0.256. The van der Waals surface area contributed by atoms with Crippen molar-refractivity contribution in [1.29, 1.82) is 0 Å². The van der Waals surface area contributed by atoms with Gasteiger partial charge in [-0.3, -0.25) is 0 Å². The topological polar surface area (TPSA) is 53.4 Å². The molecule has 1 N–H and O–H groups in total. The van der Waals surface area contributed by atoms with Crippen molar-refractivity contribution in [3.05, 3.63) is 23.4 Å². The Labute approximate surface area is 114 Å². The number of hydrogen-bond donors (Lipinski definition) is 1. The first-order valence-electron chi connectivity index (χ1n) is 6.91. The predicted octanol–water partition coefficient (Wildman–Crippen LogP) is 3.10. The number of hydrogen-bond acceptors (Lipinski definition) is 3. The number of aromatic nitrogens is 1. The molecule has 19 heavy (non-hydrogen) atoms. The summed E-state index contributed by atoms with van der Waals surface area (Å²) >= 11 is 0. The monoisotopic (exact) mass is 262 g/mol. The summed E-state index contributed by atoms with van der Waals surface area (Å²) in [5.41, 5.74) is 1.19. The molecule has 4 nitrogen and oxygen atoms in total. The molecule has 1 aromatic rings. The summed E-state index contributed by atoms with van der Waals surface area (Å²) in [4.78, 5) is 17.5. The third-order valence-electron chi connectivity index (χ3n) is 4.16. The lowest BCUT2D eigenvalue weighted by Crippen LogP contribution is -2.35. The Kier molecular flexibility index (Phi) is 4.08. The van der Waals surface area contributed by atoms with Crippen molar-refractivity contribution in [2.45, 2.75) is 45.6 Å². The van der Waals surface area contributed by atoms with Crippen molar-refractivity contribution in [1.82, 2.24) is 4.98 Å². The Balaban J connectivity index is 2.15. The Morgan fingerprint density at radius 2 is 2.00 bits per heavy atom. The molecular formula is C15H22N2O2. The van der Waals surface area contributed by atoms with Gasteiger partial charge < -0.3 is 10.0 Å². The van der Waals surface area contributed by atoms with Crippen molar-refractivity contribution in [2.75, 3.05) is 11.9 Å². The van der Waals surface area contributed by atoms with E-state index < -0.39 is 5.97 Å². The second kappa shape index (κ2) is 5.59. The molecule has 0 spiro atoms. The van der Waals surface area contributed by atoms with Gasteiger partial charge in [0.1, 0.15) is 5.82 Å². The highest BCUT2D eigenvalue weighted by Crippen LogP contribution is 2.29. The second-order valence-electron chi connectivity index (χ2n) is 5.69. The van der Waals surface area contributed by atoms with Gasteiger partial charge in [-0.1, -0.05) is 6.92 Å². The quantitative estimate of drug-likeness (QED) is 0.909. The number of aromatic carboxylic acids is 1. The lowest BCUT2D eigenvalue weighted by Gasteiger charge is -2.35. The Hall–Kier alpha value is -1.58. The largest absolute Gasteiger partial charge is 0.478 e. The van der Waals surface area contributed by atoms with E-state index in [9.17, 15) is 4.79 Å². The first-order valence-corrected chi connectivity index (χ1v) is 6.91. The number of carbonyl (C=O) groups is 1. The van der Waals surface area contributed by atoms with Crippen molar-refractivity contribution < 1.29 is 9.90 Å². The zero-order valence-electron chi connectivity index (χ0n) is 11.9. The van der Waals surface area contributed by atoms with Crippen LogP contribution in [0.4, 0.5) is 5.82 Å². The van der Waals surface area contributed by atoms with E-state index in [1.54, 1.807) is 6.07 Å². The standard InChI is InChI=1S/C15H22N2O2/c1-10-4-6-13(7-5-10)17(3)14-11(2)8-12(9-16-14)15(18)19/h8-10,13H,4-7H2,1-3H3,(H,18,19). The first-order chi connectivity index (χ1) is 8.99. The summed E-state index contributed by atoms with van der Waals surface area (Å²) in [7, 11) is 2.07. The van der Waals surface area contributed by atoms with Crippen LogP contribution < -0.4 is 4.90 Å². The van der Waals surface area contributed by atoms with E-state index in [2.05, 4.69) is 23.9 Å². The third kappa shape index (κ3) is 3.06. The average Bonchev–Trinajstić information content (AvgIpc) is 2.38. The van der Waals surface area contributed by atoms with E-state index in [1.807, 2.05) is 6.92 Å². The second-order valence-corrected chi connectivity index (χ2v) is 5.69. The van der Waals surface area contributed by atoms with Crippen LogP contribution in [-0.4, -0.2) is 29.1 Å². The molecular weight excluding hydrogens is 240 g/mol. The number of nitrogens with zero attached hydrogens (tertiary/aromatic N) is 2. The van der Waals surface area contributed by atoms with E-state index in [0.29, 0.717) is 6.04 Å². The van der Waals surface area contributed by atoms with Crippen LogP contribution in [0.1, 0.15) is 48.5 Å². The highest BCUT2D eigenvalue weighted by Gasteiger charge is 2.23. The molecule has 4 heteroatoms. The van der Waals surface area contributed by atoms with Gasteiger partial charge in [-0.2, -0.15) is 0 Å². The minimum Gasteiger partial charge on any atom is -0.478 e. The summed E-state index contributed by atoms with van der Waals surface area (Å²) in [6, 6.07) is 2.23. The van der Waals surface area contributed by atoms with Crippen LogP contribution in [-0.2, 0) is 0 Å². The normalized spacial score (nSPS) is 23.1. The van der Waals surface area contributed by atoms with Crippen LogP contribution in [0.25, 0.3) is 0 Å². The Bertz CT molecular complexity index is 465. The van der Waals surface area contributed by atoms with Gasteiger partial charge >= 0.3 is 5.97 Å². The molecule has 104 valence electrons. The van der Waals surface area contributed by atoms with Gasteiger partial charge in [0.15, 0.2) is 0 Å². The lowest BCUT2D eigenvalue weighted by molar-refractivity contribution is 0.0696. The zero-order valence-corrected chi connectivity index (χ0v) is 11.9. The van der Waals surface area contributed by atoms with Crippen molar-refractivity contribution in [3.8, 4) is 0 Å². The van der Waals surface area contributed by atoms with Gasteiger partial charge in [0.2, 0.25) is 0 Å². The highest BCUT2D eigenvalue weighted by molar-refractivity contribution is 5.87. The molecule has 1 aliphatic carbocycles. The summed E-state index contributed by atoms with van der Waals surface area (Å²) in [6.45, 7) is 4.23. The van der Waals surface area contributed by atoms with Crippen molar-refractivity contribution in [3.63, 3.8) is 0 Å². The average molecular weight is 262 g/mol. The van der Waals surface area contributed by atoms with Crippen LogP contribution in [0.3, 0.4) is 0 Å². The van der Waals surface area contributed by atoms with Crippen LogP contribution >= 0.6 is 0 Å². The first kappa shape index (κ1) is 13.8. The van der Waals surface area contributed by atoms with E-state index in [0.717, 1.165) is 17.3 Å². The highest BCUT2D eigenvalue weighted by atomic mass is 16.4. The molecule has 0 aromatic carbocycles. The summed E-state index contributed by atoms with van der Waals surface area (Å²) in [5.74, 6) is 0.814. The minimum atomic E-state index is -0.920. The fourth-order valence-electron chi connectivity index (χ4n) is 2.86. The molecule has 0 atom stereocenters. The molecule has 0 amide bonds. The Morgan fingerprint density at radius 1 is 1.37 bits per heavy atom. The molecule has 0 saturated heterocycles. The summed E-state index contributed by atoms with van der Waals surface area (Å²) < 4.78 is 0. The molecule has 0 radical (unpaired) electrons. The van der Waals surface area contributed by atoms with Gasteiger partial charge in [0.25, 0.3) is 0 Å². The molecule has 1 aromatic heterocycles. The smallest absolute Gasteiger partial charge is 0.337 e. The SMILES string of the molecule is Cc1cc(C(=O)O)cnc1N(C)C1CCC(C)CC1. The van der Waals surface area contributed by atoms with Crippen LogP contribution in [0, 0.1) is 12.8 Å². The van der Waals surface area contributed by atoms with Crippen molar-refractivity contribution in [2.24, 2.45) is 5.92 Å². The molecule has 0 aliphatic heterocycles. The summed E-state index contributed by atoms with van der Waals surface area (Å²) in [6.07, 6.45) is 6.37. The maximum absolute atomic E-state index is 10.9. The molecule has 1 fully saturated rings. The van der Waals surface area contributed by atoms with Gasteiger partial charge in [-0.05, 0) is 50.2 Å². The lowest BCUT2D eigenvalue weighted by atomic mass is 9.86. The number of anilines is 1. The van der Waals surface area contributed by atoms with Crippen LogP contribution in [0.2, 0.25) is 0 Å². The van der Waals surface area contributed by atoms with E-state index in [1.165, 1.54) is 31.9 Å². The number of rotatable bonds is 3. The van der Waals surface area contributed by atoms with Gasteiger partial charge in [-0.25, -0.2) is 9.78 Å². The van der Waals surface area contributed by atoms with Crippen LogP contribution in [0.5, 0.6) is 0 Å². The number of aryl methyl sites for hydroxylation is 1. The number of pyridine rings is 1. The molecule has 2 rings (SSSR count). The number of carboxylic acids is 1. The fourth-order valence-corrected chi connectivity index (χ4v) is 2.86. The van der Waals surface area contributed by atoms with Gasteiger partial charge in [0.05, 0.1) is 5.56 Å². The Morgan fingerprint density at radius 3 is 2.53 bits per heavy atom. The molecule has 1 saturated carbocycles. The van der Waals surface area contributed by atoms with Crippen molar-refractivity contribution >= 4 is 11.8 Å².